The standard InChI is InChI=1S/C14H14O2/c1-9-3-6-13(15)12(7-9)11-5-4-10(2)14(16)8-11/h3-8,15-16H,1-2H3. The predicted molar refractivity (Wildman–Crippen MR) is 64.7 cm³/mol. The van der Waals surface area contributed by atoms with E-state index in [1.54, 1.807) is 12.1 Å². The smallest absolute Gasteiger partial charge is 0.123 e. The normalized spacial score (nSPS) is 10.4. The topological polar surface area (TPSA) is 40.5 Å². The number of hydrogen-bond acceptors (Lipinski definition) is 2. The van der Waals surface area contributed by atoms with Crippen LogP contribution in [-0.4, -0.2) is 10.2 Å². The van der Waals surface area contributed by atoms with Gasteiger partial charge in [0.15, 0.2) is 0 Å². The van der Waals surface area contributed by atoms with Crippen molar-refractivity contribution in [2.45, 2.75) is 13.8 Å². The van der Waals surface area contributed by atoms with Gasteiger partial charge in [-0.25, -0.2) is 0 Å². The van der Waals surface area contributed by atoms with Crippen LogP contribution < -0.4 is 0 Å². The summed E-state index contributed by atoms with van der Waals surface area (Å²) in [5.41, 5.74) is 3.48. The molecule has 0 aromatic heterocycles. The SMILES string of the molecule is Cc1ccc(O)c(-c2ccc(C)c(O)c2)c1. The Morgan fingerprint density at radius 2 is 1.56 bits per heavy atom. The van der Waals surface area contributed by atoms with Gasteiger partial charge in [0.2, 0.25) is 0 Å². The fraction of sp³-hybridized carbons (Fsp3) is 0.143. The number of benzene rings is 2. The lowest BCUT2D eigenvalue weighted by Gasteiger charge is -2.07. The first-order valence-corrected chi connectivity index (χ1v) is 5.17. The van der Waals surface area contributed by atoms with Gasteiger partial charge in [-0.2, -0.15) is 0 Å². The summed E-state index contributed by atoms with van der Waals surface area (Å²) in [6, 6.07) is 10.8. The van der Waals surface area contributed by atoms with Crippen LogP contribution in [-0.2, 0) is 0 Å². The molecule has 0 unspecified atom stereocenters. The monoisotopic (exact) mass is 214 g/mol. The molecule has 2 nitrogen and oxygen atoms in total. The van der Waals surface area contributed by atoms with Gasteiger partial charge in [0.25, 0.3) is 0 Å². The average molecular weight is 214 g/mol. The quantitative estimate of drug-likeness (QED) is 0.764. The third-order valence-electron chi connectivity index (χ3n) is 2.67. The Hall–Kier alpha value is -1.96. The summed E-state index contributed by atoms with van der Waals surface area (Å²) in [5, 5.41) is 19.4. The second-order valence-electron chi connectivity index (χ2n) is 4.02. The van der Waals surface area contributed by atoms with E-state index in [1.165, 1.54) is 0 Å². The van der Waals surface area contributed by atoms with Crippen molar-refractivity contribution in [2.75, 3.05) is 0 Å². The molecule has 0 aliphatic rings. The van der Waals surface area contributed by atoms with Crippen LogP contribution in [0.4, 0.5) is 0 Å². The summed E-state index contributed by atoms with van der Waals surface area (Å²) in [5.74, 6) is 0.479. The van der Waals surface area contributed by atoms with E-state index in [1.807, 2.05) is 38.1 Å². The van der Waals surface area contributed by atoms with Gasteiger partial charge in [-0.3, -0.25) is 0 Å². The zero-order chi connectivity index (χ0) is 11.7. The molecule has 2 rings (SSSR count). The van der Waals surface area contributed by atoms with Gasteiger partial charge in [-0.1, -0.05) is 23.8 Å². The molecule has 0 spiro atoms. The summed E-state index contributed by atoms with van der Waals surface area (Å²) >= 11 is 0. The number of hydrogen-bond donors (Lipinski definition) is 2. The Morgan fingerprint density at radius 3 is 2.25 bits per heavy atom. The maximum absolute atomic E-state index is 9.77. The molecular weight excluding hydrogens is 200 g/mol. The van der Waals surface area contributed by atoms with Gasteiger partial charge in [0.05, 0.1) is 0 Å². The highest BCUT2D eigenvalue weighted by Gasteiger charge is 2.06. The van der Waals surface area contributed by atoms with Crippen LogP contribution in [0.1, 0.15) is 11.1 Å². The van der Waals surface area contributed by atoms with Crippen molar-refractivity contribution in [1.29, 1.82) is 0 Å². The van der Waals surface area contributed by atoms with Crippen LogP contribution in [0, 0.1) is 13.8 Å². The molecule has 0 saturated heterocycles. The molecule has 2 N–H and O–H groups in total. The molecule has 0 amide bonds. The maximum atomic E-state index is 9.77. The summed E-state index contributed by atoms with van der Waals surface area (Å²) < 4.78 is 0. The molecule has 82 valence electrons. The summed E-state index contributed by atoms with van der Waals surface area (Å²) in [6.45, 7) is 3.81. The van der Waals surface area contributed by atoms with Crippen molar-refractivity contribution in [3.63, 3.8) is 0 Å². The van der Waals surface area contributed by atoms with Crippen LogP contribution in [0.2, 0.25) is 0 Å². The first-order valence-electron chi connectivity index (χ1n) is 5.17. The third kappa shape index (κ3) is 1.87. The highest BCUT2D eigenvalue weighted by Crippen LogP contribution is 2.32. The van der Waals surface area contributed by atoms with Gasteiger partial charge in [-0.15, -0.1) is 0 Å². The fourth-order valence-corrected chi connectivity index (χ4v) is 1.66. The Bertz CT molecular complexity index is 530. The summed E-state index contributed by atoms with van der Waals surface area (Å²) in [7, 11) is 0. The first kappa shape index (κ1) is 10.6. The van der Waals surface area contributed by atoms with E-state index in [9.17, 15) is 10.2 Å². The van der Waals surface area contributed by atoms with Crippen LogP contribution in [0.5, 0.6) is 11.5 Å². The van der Waals surface area contributed by atoms with Crippen LogP contribution in [0.15, 0.2) is 36.4 Å². The second-order valence-corrected chi connectivity index (χ2v) is 4.02. The minimum Gasteiger partial charge on any atom is -0.508 e. The molecule has 0 fully saturated rings. The van der Waals surface area contributed by atoms with Crippen LogP contribution in [0.25, 0.3) is 11.1 Å². The molecule has 0 atom stereocenters. The molecule has 2 aromatic carbocycles. The van der Waals surface area contributed by atoms with Gasteiger partial charge in [0, 0.05) is 5.56 Å². The van der Waals surface area contributed by atoms with Crippen molar-refractivity contribution in [1.82, 2.24) is 0 Å². The van der Waals surface area contributed by atoms with E-state index in [2.05, 4.69) is 0 Å². The van der Waals surface area contributed by atoms with Crippen LogP contribution >= 0.6 is 0 Å². The molecule has 0 aliphatic carbocycles. The Balaban J connectivity index is 2.58. The number of phenols is 2. The van der Waals surface area contributed by atoms with Gasteiger partial charge in [-0.05, 0) is 43.2 Å². The second kappa shape index (κ2) is 3.89. The van der Waals surface area contributed by atoms with E-state index in [-0.39, 0.29) is 11.5 Å². The first-order chi connectivity index (χ1) is 7.58. The lowest BCUT2D eigenvalue weighted by atomic mass is 10.0. The maximum Gasteiger partial charge on any atom is 0.123 e. The fourth-order valence-electron chi connectivity index (χ4n) is 1.66. The number of aryl methyl sites for hydroxylation is 2. The van der Waals surface area contributed by atoms with Gasteiger partial charge in [0.1, 0.15) is 11.5 Å². The predicted octanol–water partition coefficient (Wildman–Crippen LogP) is 3.38. The number of rotatable bonds is 1. The van der Waals surface area contributed by atoms with Crippen molar-refractivity contribution >= 4 is 0 Å². The van der Waals surface area contributed by atoms with Crippen LogP contribution in [0.3, 0.4) is 0 Å². The largest absolute Gasteiger partial charge is 0.508 e. The van der Waals surface area contributed by atoms with E-state index in [0.717, 1.165) is 22.3 Å². The highest BCUT2D eigenvalue weighted by molar-refractivity contribution is 5.72. The molecule has 0 heterocycles. The number of aromatic hydroxyl groups is 2. The Kier molecular flexibility index (Phi) is 2.57. The Labute approximate surface area is 94.8 Å². The molecule has 2 heteroatoms. The zero-order valence-corrected chi connectivity index (χ0v) is 9.36. The van der Waals surface area contributed by atoms with Crippen molar-refractivity contribution in [2.24, 2.45) is 0 Å². The third-order valence-corrected chi connectivity index (χ3v) is 2.67. The zero-order valence-electron chi connectivity index (χ0n) is 9.36. The molecule has 2 aromatic rings. The molecule has 0 radical (unpaired) electrons. The average Bonchev–Trinajstić information content (AvgIpc) is 2.26. The minimum atomic E-state index is 0.230. The Morgan fingerprint density at radius 1 is 0.812 bits per heavy atom. The van der Waals surface area contributed by atoms with Crippen molar-refractivity contribution in [3.8, 4) is 22.6 Å². The van der Waals surface area contributed by atoms with Crippen molar-refractivity contribution < 1.29 is 10.2 Å². The van der Waals surface area contributed by atoms with Gasteiger partial charge < -0.3 is 10.2 Å². The van der Waals surface area contributed by atoms with E-state index < -0.39 is 0 Å². The summed E-state index contributed by atoms with van der Waals surface area (Å²) in [4.78, 5) is 0. The number of phenolic OH excluding ortho intramolecular Hbond substituents is 2. The van der Waals surface area contributed by atoms with E-state index in [0.29, 0.717) is 0 Å². The highest BCUT2D eigenvalue weighted by atomic mass is 16.3. The minimum absolute atomic E-state index is 0.230. The van der Waals surface area contributed by atoms with E-state index >= 15 is 0 Å². The van der Waals surface area contributed by atoms with Crippen molar-refractivity contribution in [3.05, 3.63) is 47.5 Å². The molecule has 0 bridgehead atoms. The molecule has 0 aliphatic heterocycles. The lowest BCUT2D eigenvalue weighted by Crippen LogP contribution is -1.82. The summed E-state index contributed by atoms with van der Waals surface area (Å²) in [6.07, 6.45) is 0. The molecule has 16 heavy (non-hydrogen) atoms. The molecule has 0 saturated carbocycles. The lowest BCUT2D eigenvalue weighted by molar-refractivity contribution is 0.470. The van der Waals surface area contributed by atoms with Gasteiger partial charge >= 0.3 is 0 Å². The molecular formula is C14H14O2. The van der Waals surface area contributed by atoms with E-state index in [4.69, 9.17) is 0 Å².